The Morgan fingerprint density at radius 1 is 1.11 bits per heavy atom. The molecule has 2 aliphatic heterocycles. The van der Waals surface area contributed by atoms with Crippen molar-refractivity contribution in [3.63, 3.8) is 0 Å². The Morgan fingerprint density at radius 2 is 1.86 bits per heavy atom. The summed E-state index contributed by atoms with van der Waals surface area (Å²) in [5.74, 6) is 1.58. The Hall–Kier alpha value is -2.87. The zero-order valence-electron chi connectivity index (χ0n) is 21.2. The topological polar surface area (TPSA) is 87.9 Å². The van der Waals surface area contributed by atoms with Crippen LogP contribution < -0.4 is 5.32 Å². The van der Waals surface area contributed by atoms with Gasteiger partial charge in [-0.05, 0) is 70.2 Å². The Morgan fingerprint density at radius 3 is 2.54 bits per heavy atom. The lowest BCUT2D eigenvalue weighted by Gasteiger charge is -2.35. The average Bonchev–Trinajstić information content (AvgIpc) is 3.24. The molecule has 0 radical (unpaired) electrons. The minimum atomic E-state index is -0.260. The molecule has 1 aromatic heterocycles. The van der Waals surface area contributed by atoms with Crippen molar-refractivity contribution in [3.05, 3.63) is 41.3 Å². The summed E-state index contributed by atoms with van der Waals surface area (Å²) in [5.41, 5.74) is 3.22. The zero-order chi connectivity index (χ0) is 24.8. The van der Waals surface area contributed by atoms with Gasteiger partial charge in [-0.1, -0.05) is 19.1 Å². The van der Waals surface area contributed by atoms with E-state index in [1.54, 1.807) is 4.90 Å². The van der Waals surface area contributed by atoms with Crippen molar-refractivity contribution in [2.45, 2.75) is 65.5 Å². The number of aromatic nitrogens is 1. The van der Waals surface area contributed by atoms with E-state index in [9.17, 15) is 9.59 Å². The summed E-state index contributed by atoms with van der Waals surface area (Å²) in [6.07, 6.45) is 4.16. The van der Waals surface area contributed by atoms with Crippen molar-refractivity contribution in [1.82, 2.24) is 20.1 Å². The molecule has 0 aliphatic carbocycles. The van der Waals surface area contributed by atoms with Gasteiger partial charge in [-0.2, -0.15) is 0 Å². The number of carbonyl (C=O) groups excluding carboxylic acids is 2. The molecule has 1 atom stereocenters. The molecule has 2 aromatic rings. The minimum absolute atomic E-state index is 0.0277. The number of benzene rings is 1. The van der Waals surface area contributed by atoms with Crippen LogP contribution >= 0.6 is 0 Å². The number of carbonyl (C=O) groups is 2. The molecule has 0 spiro atoms. The number of ether oxygens (including phenoxy) is 1. The summed E-state index contributed by atoms with van der Waals surface area (Å²) in [6.45, 7) is 9.90. The number of piperidine rings is 2. The summed E-state index contributed by atoms with van der Waals surface area (Å²) in [6, 6.07) is 8.47. The predicted octanol–water partition coefficient (Wildman–Crippen LogP) is 4.16. The third kappa shape index (κ3) is 6.42. The zero-order valence-corrected chi connectivity index (χ0v) is 21.2. The molecular formula is C27H38N4O4. The normalized spacial score (nSPS) is 19.5. The maximum atomic E-state index is 13.0. The van der Waals surface area contributed by atoms with Crippen LogP contribution in [0.25, 0.3) is 11.5 Å². The van der Waals surface area contributed by atoms with Gasteiger partial charge < -0.3 is 19.4 Å². The first-order chi connectivity index (χ1) is 17.0. The van der Waals surface area contributed by atoms with Crippen LogP contribution in [-0.4, -0.2) is 65.6 Å². The second-order valence-electron chi connectivity index (χ2n) is 9.62. The number of nitrogens with one attached hydrogen (secondary N) is 1. The Kier molecular flexibility index (Phi) is 8.44. The largest absolute Gasteiger partial charge is 0.450 e. The van der Waals surface area contributed by atoms with E-state index in [0.29, 0.717) is 32.1 Å². The smallest absolute Gasteiger partial charge is 0.409 e. The van der Waals surface area contributed by atoms with Gasteiger partial charge in [0.25, 0.3) is 0 Å². The number of hydrogen-bond donors (Lipinski definition) is 1. The fraction of sp³-hybridized carbons (Fsp3) is 0.593. The number of likely N-dealkylation sites (tertiary alicyclic amines) is 2. The maximum Gasteiger partial charge on any atom is 0.409 e. The summed E-state index contributed by atoms with van der Waals surface area (Å²) >= 11 is 0. The van der Waals surface area contributed by atoms with E-state index in [1.807, 2.05) is 13.8 Å². The lowest BCUT2D eigenvalue weighted by atomic mass is 9.95. The molecule has 2 fully saturated rings. The fourth-order valence-electron chi connectivity index (χ4n) is 4.95. The molecule has 8 nitrogen and oxygen atoms in total. The Bertz CT molecular complexity index is 995. The highest BCUT2D eigenvalue weighted by Crippen LogP contribution is 2.25. The van der Waals surface area contributed by atoms with E-state index < -0.39 is 0 Å². The van der Waals surface area contributed by atoms with E-state index in [2.05, 4.69) is 41.4 Å². The predicted molar refractivity (Wildman–Crippen MR) is 134 cm³/mol. The number of rotatable bonds is 7. The molecule has 8 heteroatoms. The van der Waals surface area contributed by atoms with Crippen molar-refractivity contribution in [2.24, 2.45) is 5.92 Å². The summed E-state index contributed by atoms with van der Waals surface area (Å²) in [7, 11) is 0. The van der Waals surface area contributed by atoms with Gasteiger partial charge in [0.1, 0.15) is 5.76 Å². The van der Waals surface area contributed by atoms with Gasteiger partial charge in [0.15, 0.2) is 0 Å². The lowest BCUT2D eigenvalue weighted by Crippen LogP contribution is -2.50. The van der Waals surface area contributed by atoms with Crippen molar-refractivity contribution in [1.29, 1.82) is 0 Å². The van der Waals surface area contributed by atoms with Gasteiger partial charge >= 0.3 is 6.09 Å². The van der Waals surface area contributed by atoms with Crippen LogP contribution in [-0.2, 0) is 22.5 Å². The standard InChI is InChI=1S/C27H38N4O4/c1-4-20-8-10-21(11-9-20)26-29-24(19(3)35-26)18-30-14-6-7-22(17-30)25(32)28-23-12-15-31(16-13-23)27(33)34-5-2/h8-11,22-23H,4-7,12-18H2,1-3H3,(H,28,32)/t22-/m1/s1. The Balaban J connectivity index is 1.29. The molecule has 0 unspecified atom stereocenters. The van der Waals surface area contributed by atoms with Crippen molar-refractivity contribution < 1.29 is 18.7 Å². The third-order valence-corrected chi connectivity index (χ3v) is 7.12. The van der Waals surface area contributed by atoms with E-state index in [1.165, 1.54) is 5.56 Å². The average molecular weight is 483 g/mol. The quantitative estimate of drug-likeness (QED) is 0.638. The van der Waals surface area contributed by atoms with Crippen LogP contribution in [0.4, 0.5) is 4.79 Å². The monoisotopic (exact) mass is 482 g/mol. The van der Waals surface area contributed by atoms with Gasteiger partial charge in [0.2, 0.25) is 11.8 Å². The van der Waals surface area contributed by atoms with E-state index in [0.717, 1.165) is 62.2 Å². The number of aryl methyl sites for hydroxylation is 2. The maximum absolute atomic E-state index is 13.0. The molecule has 1 aromatic carbocycles. The fourth-order valence-corrected chi connectivity index (χ4v) is 4.95. The molecule has 1 N–H and O–H groups in total. The molecule has 0 bridgehead atoms. The molecule has 2 saturated heterocycles. The third-order valence-electron chi connectivity index (χ3n) is 7.12. The molecule has 3 heterocycles. The van der Waals surface area contributed by atoms with Crippen LogP contribution in [0, 0.1) is 12.8 Å². The summed E-state index contributed by atoms with van der Waals surface area (Å²) < 4.78 is 11.1. The molecular weight excluding hydrogens is 444 g/mol. The molecule has 190 valence electrons. The molecule has 0 saturated carbocycles. The second kappa shape index (κ2) is 11.7. The first-order valence-electron chi connectivity index (χ1n) is 13.0. The van der Waals surface area contributed by atoms with E-state index >= 15 is 0 Å². The SMILES string of the molecule is CCOC(=O)N1CCC(NC(=O)[C@@H]2CCCN(Cc3nc(-c4ccc(CC)cc4)oc3C)C2)CC1. The van der Waals surface area contributed by atoms with Gasteiger partial charge in [0, 0.05) is 37.8 Å². The van der Waals surface area contributed by atoms with Crippen LogP contribution in [0.3, 0.4) is 0 Å². The highest BCUT2D eigenvalue weighted by atomic mass is 16.6. The first-order valence-corrected chi connectivity index (χ1v) is 13.0. The highest BCUT2D eigenvalue weighted by molar-refractivity contribution is 5.79. The number of nitrogens with zero attached hydrogens (tertiary/aromatic N) is 3. The van der Waals surface area contributed by atoms with Gasteiger partial charge in [-0.15, -0.1) is 0 Å². The van der Waals surface area contributed by atoms with Crippen LogP contribution in [0.1, 0.15) is 56.5 Å². The van der Waals surface area contributed by atoms with Crippen molar-refractivity contribution in [3.8, 4) is 11.5 Å². The first kappa shape index (κ1) is 25.2. The van der Waals surface area contributed by atoms with Gasteiger partial charge in [0.05, 0.1) is 18.2 Å². The van der Waals surface area contributed by atoms with Gasteiger partial charge in [-0.3, -0.25) is 9.69 Å². The molecule has 4 rings (SSSR count). The Labute approximate surface area is 208 Å². The summed E-state index contributed by atoms with van der Waals surface area (Å²) in [5, 5.41) is 3.23. The highest BCUT2D eigenvalue weighted by Gasteiger charge is 2.30. The van der Waals surface area contributed by atoms with E-state index in [-0.39, 0.29) is 24.0 Å². The molecule has 35 heavy (non-hydrogen) atoms. The number of hydrogen-bond acceptors (Lipinski definition) is 6. The van der Waals surface area contributed by atoms with E-state index in [4.69, 9.17) is 14.1 Å². The number of oxazole rings is 1. The molecule has 2 amide bonds. The number of amides is 2. The van der Waals surface area contributed by atoms with Crippen molar-refractivity contribution >= 4 is 12.0 Å². The summed E-state index contributed by atoms with van der Waals surface area (Å²) in [4.78, 5) is 33.7. The second-order valence-corrected chi connectivity index (χ2v) is 9.62. The van der Waals surface area contributed by atoms with Crippen LogP contribution in [0.5, 0.6) is 0 Å². The van der Waals surface area contributed by atoms with Crippen LogP contribution in [0.15, 0.2) is 28.7 Å². The minimum Gasteiger partial charge on any atom is -0.450 e. The lowest BCUT2D eigenvalue weighted by molar-refractivity contribution is -0.127. The molecule has 2 aliphatic rings. The van der Waals surface area contributed by atoms with Crippen molar-refractivity contribution in [2.75, 3.05) is 32.8 Å². The van der Waals surface area contributed by atoms with Crippen LogP contribution in [0.2, 0.25) is 0 Å². The van der Waals surface area contributed by atoms with Gasteiger partial charge in [-0.25, -0.2) is 9.78 Å².